The third-order valence-electron chi connectivity index (χ3n) is 2.43. The first-order valence-corrected chi connectivity index (χ1v) is 5.68. The van der Waals surface area contributed by atoms with E-state index in [1.54, 1.807) is 7.11 Å². The molecule has 1 aromatic carbocycles. The van der Waals surface area contributed by atoms with Crippen LogP contribution in [0.5, 0.6) is 5.75 Å². The lowest BCUT2D eigenvalue weighted by Crippen LogP contribution is -1.85. The highest BCUT2D eigenvalue weighted by atomic mass is 32.1. The molecule has 0 amide bonds. The molecule has 4 heteroatoms. The number of rotatable bonds is 3. The molecule has 3 nitrogen and oxygen atoms in total. The van der Waals surface area contributed by atoms with Crippen molar-refractivity contribution in [2.24, 2.45) is 0 Å². The Morgan fingerprint density at radius 1 is 1.44 bits per heavy atom. The minimum absolute atomic E-state index is 0.616. The van der Waals surface area contributed by atoms with Gasteiger partial charge in [0, 0.05) is 17.0 Å². The van der Waals surface area contributed by atoms with E-state index < -0.39 is 0 Å². The highest BCUT2D eigenvalue weighted by molar-refractivity contribution is 7.79. The number of aromatic nitrogens is 2. The molecule has 0 aliphatic rings. The number of hydrogen-bond donors (Lipinski definition) is 2. The second-order valence-corrected chi connectivity index (χ2v) is 3.86. The molecule has 0 aliphatic heterocycles. The van der Waals surface area contributed by atoms with Crippen LogP contribution < -0.4 is 4.74 Å². The summed E-state index contributed by atoms with van der Waals surface area (Å²) in [5.74, 6) is 2.34. The van der Waals surface area contributed by atoms with Crippen LogP contribution in [-0.4, -0.2) is 17.1 Å². The summed E-state index contributed by atoms with van der Waals surface area (Å²) in [6, 6.07) is 7.88. The first kappa shape index (κ1) is 11.1. The largest absolute Gasteiger partial charge is 0.497 e. The van der Waals surface area contributed by atoms with Crippen LogP contribution in [0.25, 0.3) is 11.3 Å². The van der Waals surface area contributed by atoms with E-state index in [1.165, 1.54) is 0 Å². The van der Waals surface area contributed by atoms with Gasteiger partial charge in [-0.05, 0) is 19.1 Å². The Hall–Kier alpha value is -1.42. The lowest BCUT2D eigenvalue weighted by Gasteiger charge is -2.02. The van der Waals surface area contributed by atoms with Crippen molar-refractivity contribution in [3.63, 3.8) is 0 Å². The molecule has 1 aromatic heterocycles. The highest BCUT2D eigenvalue weighted by Gasteiger charge is 2.08. The van der Waals surface area contributed by atoms with E-state index in [0.29, 0.717) is 5.75 Å². The summed E-state index contributed by atoms with van der Waals surface area (Å²) in [5.41, 5.74) is 3.07. The van der Waals surface area contributed by atoms with Crippen LogP contribution in [-0.2, 0) is 5.75 Å². The molecule has 1 N–H and O–H groups in total. The van der Waals surface area contributed by atoms with Gasteiger partial charge in [-0.1, -0.05) is 12.1 Å². The average molecular weight is 234 g/mol. The number of ether oxygens (including phenoxy) is 1. The van der Waals surface area contributed by atoms with Gasteiger partial charge in [0.2, 0.25) is 0 Å². The quantitative estimate of drug-likeness (QED) is 0.801. The lowest BCUT2D eigenvalue weighted by atomic mass is 10.1. The Morgan fingerprint density at radius 2 is 2.25 bits per heavy atom. The van der Waals surface area contributed by atoms with E-state index in [4.69, 9.17) is 4.74 Å². The molecule has 0 atom stereocenters. The average Bonchev–Trinajstić information content (AvgIpc) is 2.71. The van der Waals surface area contributed by atoms with Gasteiger partial charge in [0.05, 0.1) is 12.8 Å². The summed E-state index contributed by atoms with van der Waals surface area (Å²) in [6.07, 6.45) is 0. The molecule has 0 saturated carbocycles. The smallest absolute Gasteiger partial charge is 0.119 e. The molecule has 0 radical (unpaired) electrons. The minimum Gasteiger partial charge on any atom is -0.497 e. The first-order chi connectivity index (χ1) is 7.74. The minimum atomic E-state index is 0.616. The maximum absolute atomic E-state index is 5.20. The van der Waals surface area contributed by atoms with E-state index in [9.17, 15) is 0 Å². The van der Waals surface area contributed by atoms with Crippen LogP contribution in [0.4, 0.5) is 0 Å². The Morgan fingerprint density at radius 3 is 2.88 bits per heavy atom. The van der Waals surface area contributed by atoms with E-state index in [-0.39, 0.29) is 0 Å². The summed E-state index contributed by atoms with van der Waals surface area (Å²) in [7, 11) is 1.66. The summed E-state index contributed by atoms with van der Waals surface area (Å²) in [6.45, 7) is 2.01. The number of imidazole rings is 1. The van der Waals surface area contributed by atoms with Gasteiger partial charge in [-0.25, -0.2) is 4.98 Å². The molecule has 16 heavy (non-hydrogen) atoms. The molecule has 0 spiro atoms. The van der Waals surface area contributed by atoms with Crippen molar-refractivity contribution in [1.29, 1.82) is 0 Å². The van der Waals surface area contributed by atoms with Gasteiger partial charge in [-0.2, -0.15) is 12.6 Å². The van der Waals surface area contributed by atoms with Gasteiger partial charge in [-0.3, -0.25) is 0 Å². The van der Waals surface area contributed by atoms with Crippen LogP contribution in [0, 0.1) is 6.92 Å². The first-order valence-electron chi connectivity index (χ1n) is 5.05. The third kappa shape index (κ3) is 2.07. The standard InChI is InChI=1S/C12H14N2OS/c1-8-12(14-11(7-16)13-8)9-4-3-5-10(6-9)15-2/h3-6,16H,7H2,1-2H3,(H,13,14). The molecule has 0 unspecified atom stereocenters. The van der Waals surface area contributed by atoms with Gasteiger partial charge in [0.1, 0.15) is 11.6 Å². The summed E-state index contributed by atoms with van der Waals surface area (Å²) >= 11 is 4.20. The molecule has 1 heterocycles. The topological polar surface area (TPSA) is 37.9 Å². The SMILES string of the molecule is COc1cccc(-c2nc(CS)[nH]c2C)c1. The predicted molar refractivity (Wildman–Crippen MR) is 68.0 cm³/mol. The number of thiol groups is 1. The second kappa shape index (κ2) is 4.61. The van der Waals surface area contributed by atoms with Crippen molar-refractivity contribution in [3.05, 3.63) is 35.8 Å². The number of methoxy groups -OCH3 is 1. The highest BCUT2D eigenvalue weighted by Crippen LogP contribution is 2.25. The summed E-state index contributed by atoms with van der Waals surface area (Å²) in [5, 5.41) is 0. The molecule has 0 saturated heterocycles. The van der Waals surface area contributed by atoms with Crippen molar-refractivity contribution in [1.82, 2.24) is 9.97 Å². The maximum atomic E-state index is 5.20. The molecule has 0 aliphatic carbocycles. The van der Waals surface area contributed by atoms with Crippen LogP contribution in [0.1, 0.15) is 11.5 Å². The fraction of sp³-hybridized carbons (Fsp3) is 0.250. The van der Waals surface area contributed by atoms with Gasteiger partial charge < -0.3 is 9.72 Å². The normalized spacial score (nSPS) is 10.4. The second-order valence-electron chi connectivity index (χ2n) is 3.55. The number of nitrogens with one attached hydrogen (secondary N) is 1. The zero-order valence-electron chi connectivity index (χ0n) is 9.32. The summed E-state index contributed by atoms with van der Waals surface area (Å²) < 4.78 is 5.20. The molecular formula is C12H14N2OS. The van der Waals surface area contributed by atoms with Gasteiger partial charge in [0.25, 0.3) is 0 Å². The van der Waals surface area contributed by atoms with Crippen molar-refractivity contribution in [3.8, 4) is 17.0 Å². The van der Waals surface area contributed by atoms with Crippen LogP contribution in [0.3, 0.4) is 0 Å². The Labute approximate surface area is 100 Å². The van der Waals surface area contributed by atoms with E-state index in [2.05, 4.69) is 22.6 Å². The number of aromatic amines is 1. The Balaban J connectivity index is 2.45. The molecule has 2 aromatic rings. The molecular weight excluding hydrogens is 220 g/mol. The third-order valence-corrected chi connectivity index (χ3v) is 2.73. The monoisotopic (exact) mass is 234 g/mol. The van der Waals surface area contributed by atoms with Crippen LogP contribution in [0.15, 0.2) is 24.3 Å². The van der Waals surface area contributed by atoms with Gasteiger partial charge in [-0.15, -0.1) is 0 Å². The van der Waals surface area contributed by atoms with Gasteiger partial charge in [0.15, 0.2) is 0 Å². The Bertz CT molecular complexity index is 494. The van der Waals surface area contributed by atoms with Crippen molar-refractivity contribution >= 4 is 12.6 Å². The van der Waals surface area contributed by atoms with E-state index in [0.717, 1.165) is 28.5 Å². The number of aryl methyl sites for hydroxylation is 1. The molecule has 84 valence electrons. The Kier molecular flexibility index (Phi) is 3.19. The van der Waals surface area contributed by atoms with Crippen molar-refractivity contribution in [2.45, 2.75) is 12.7 Å². The number of hydrogen-bond acceptors (Lipinski definition) is 3. The molecule has 0 bridgehead atoms. The zero-order chi connectivity index (χ0) is 11.5. The van der Waals surface area contributed by atoms with Crippen molar-refractivity contribution in [2.75, 3.05) is 7.11 Å². The number of H-pyrrole nitrogens is 1. The van der Waals surface area contributed by atoms with E-state index in [1.807, 2.05) is 31.2 Å². The maximum Gasteiger partial charge on any atom is 0.119 e. The fourth-order valence-corrected chi connectivity index (χ4v) is 1.80. The van der Waals surface area contributed by atoms with Gasteiger partial charge >= 0.3 is 0 Å². The van der Waals surface area contributed by atoms with Crippen molar-refractivity contribution < 1.29 is 4.74 Å². The molecule has 0 fully saturated rings. The van der Waals surface area contributed by atoms with Crippen LogP contribution >= 0.6 is 12.6 Å². The zero-order valence-corrected chi connectivity index (χ0v) is 10.2. The number of benzene rings is 1. The predicted octanol–water partition coefficient (Wildman–Crippen LogP) is 2.82. The number of nitrogens with zero attached hydrogens (tertiary/aromatic N) is 1. The van der Waals surface area contributed by atoms with Crippen LogP contribution in [0.2, 0.25) is 0 Å². The van der Waals surface area contributed by atoms with E-state index >= 15 is 0 Å². The fourth-order valence-electron chi connectivity index (χ4n) is 1.65. The molecule has 2 rings (SSSR count). The summed E-state index contributed by atoms with van der Waals surface area (Å²) in [4.78, 5) is 7.69. The lowest BCUT2D eigenvalue weighted by molar-refractivity contribution is 0.415.